The van der Waals surface area contributed by atoms with Gasteiger partial charge in [-0.05, 0) is 115 Å². The zero-order valence-corrected chi connectivity index (χ0v) is 25.1. The zero-order chi connectivity index (χ0) is 31.8. The van der Waals surface area contributed by atoms with E-state index in [0.717, 1.165) is 63.9 Å². The first-order valence-electron chi connectivity index (χ1n) is 14.5. The molecule has 0 amide bonds. The lowest BCUT2D eigenvalue weighted by atomic mass is 9.89. The van der Waals surface area contributed by atoms with Gasteiger partial charge in [-0.1, -0.05) is 42.0 Å². The number of hydrogen-bond donors (Lipinski definition) is 1. The number of ether oxygens (including phenoxy) is 1. The highest BCUT2D eigenvalue weighted by atomic mass is 19.4. The third-order valence-corrected chi connectivity index (χ3v) is 8.69. The van der Waals surface area contributed by atoms with E-state index in [1.807, 2.05) is 45.2 Å². The van der Waals surface area contributed by atoms with Crippen molar-refractivity contribution in [2.24, 2.45) is 0 Å². The largest absolute Gasteiger partial charge is 0.496 e. The molecule has 1 aliphatic rings. The van der Waals surface area contributed by atoms with Gasteiger partial charge in [0.15, 0.2) is 0 Å². The number of carbonyl (C=O) groups is 1. The van der Waals surface area contributed by atoms with E-state index in [-0.39, 0.29) is 23.2 Å². The Bertz CT molecular complexity index is 1700. The summed E-state index contributed by atoms with van der Waals surface area (Å²) in [6.07, 6.45) is -2.56. The van der Waals surface area contributed by atoms with E-state index in [2.05, 4.69) is 23.1 Å². The number of carboxylic acid groups (broad SMARTS) is 1. The second-order valence-corrected chi connectivity index (χ2v) is 11.6. The van der Waals surface area contributed by atoms with E-state index in [4.69, 9.17) is 4.74 Å². The van der Waals surface area contributed by atoms with Gasteiger partial charge in [0.05, 0.1) is 18.2 Å². The Balaban J connectivity index is 1.50. The molecule has 8 heteroatoms. The molecule has 0 bridgehead atoms. The van der Waals surface area contributed by atoms with Crippen LogP contribution in [0.3, 0.4) is 0 Å². The second-order valence-electron chi connectivity index (χ2n) is 11.6. The Morgan fingerprint density at radius 1 is 0.909 bits per heavy atom. The molecule has 4 nitrogen and oxygen atoms in total. The molecule has 1 aliphatic heterocycles. The molecule has 0 aromatic heterocycles. The van der Waals surface area contributed by atoms with Crippen molar-refractivity contribution >= 4 is 5.97 Å². The Kier molecular flexibility index (Phi) is 8.84. The Labute approximate surface area is 254 Å². The van der Waals surface area contributed by atoms with Crippen LogP contribution in [0.15, 0.2) is 72.8 Å². The maximum absolute atomic E-state index is 13.5. The van der Waals surface area contributed by atoms with Crippen LogP contribution in [0.4, 0.5) is 17.6 Å². The first-order valence-corrected chi connectivity index (χ1v) is 14.5. The van der Waals surface area contributed by atoms with Crippen LogP contribution in [0.25, 0.3) is 22.3 Å². The SMILES string of the molecule is COc1ccc(-c2ccc(C(=O)O)cc2C)cc1-c1ccc(C)cc1[C@@H]1CCC(Cc2cc(CF)cc(C(F)(F)F)c2)N1C. The minimum atomic E-state index is -4.54. The Hall–Kier alpha value is -4.17. The molecule has 5 rings (SSSR count). The number of aromatic carboxylic acids is 1. The average molecular weight is 606 g/mol. The number of likely N-dealkylation sites (tertiary alicyclic amines) is 1. The van der Waals surface area contributed by atoms with Gasteiger partial charge < -0.3 is 9.84 Å². The highest BCUT2D eigenvalue weighted by molar-refractivity contribution is 5.89. The fourth-order valence-electron chi connectivity index (χ4n) is 6.44. The van der Waals surface area contributed by atoms with Crippen LogP contribution in [-0.2, 0) is 19.3 Å². The Morgan fingerprint density at radius 3 is 2.30 bits per heavy atom. The van der Waals surface area contributed by atoms with Crippen molar-refractivity contribution < 1.29 is 32.2 Å². The van der Waals surface area contributed by atoms with Gasteiger partial charge in [-0.3, -0.25) is 4.90 Å². The molecular weight excluding hydrogens is 570 g/mol. The topological polar surface area (TPSA) is 49.8 Å². The van der Waals surface area contributed by atoms with Gasteiger partial charge >= 0.3 is 12.1 Å². The molecule has 44 heavy (non-hydrogen) atoms. The molecule has 230 valence electrons. The van der Waals surface area contributed by atoms with Crippen molar-refractivity contribution in [1.82, 2.24) is 4.90 Å². The summed E-state index contributed by atoms with van der Waals surface area (Å²) in [4.78, 5) is 13.7. The molecule has 0 saturated carbocycles. The molecule has 1 N–H and O–H groups in total. The summed E-state index contributed by atoms with van der Waals surface area (Å²) in [5.74, 6) is -0.284. The number of methoxy groups -OCH3 is 1. The van der Waals surface area contributed by atoms with E-state index in [0.29, 0.717) is 17.7 Å². The lowest BCUT2D eigenvalue weighted by Crippen LogP contribution is -2.29. The van der Waals surface area contributed by atoms with E-state index in [1.165, 1.54) is 6.07 Å². The molecule has 4 aromatic carbocycles. The highest BCUT2D eigenvalue weighted by Crippen LogP contribution is 2.44. The van der Waals surface area contributed by atoms with E-state index >= 15 is 0 Å². The molecule has 4 aromatic rings. The molecule has 1 unspecified atom stereocenters. The summed E-state index contributed by atoms with van der Waals surface area (Å²) in [5.41, 5.74) is 6.67. The number of alkyl halides is 4. The molecule has 0 aliphatic carbocycles. The summed E-state index contributed by atoms with van der Waals surface area (Å²) in [7, 11) is 3.62. The first-order chi connectivity index (χ1) is 20.9. The fourth-order valence-corrected chi connectivity index (χ4v) is 6.44. The van der Waals surface area contributed by atoms with Crippen molar-refractivity contribution in [2.75, 3.05) is 14.2 Å². The molecule has 1 heterocycles. The monoisotopic (exact) mass is 605 g/mol. The second kappa shape index (κ2) is 12.4. The minimum Gasteiger partial charge on any atom is -0.496 e. The summed E-state index contributed by atoms with van der Waals surface area (Å²) < 4.78 is 59.8. The van der Waals surface area contributed by atoms with Crippen LogP contribution in [0.1, 0.15) is 62.6 Å². The van der Waals surface area contributed by atoms with Crippen molar-refractivity contribution in [3.05, 3.63) is 112 Å². The lowest BCUT2D eigenvalue weighted by molar-refractivity contribution is -0.137. The quantitative estimate of drug-likeness (QED) is 0.204. The number of halogens is 4. The first kappa shape index (κ1) is 31.3. The predicted octanol–water partition coefficient (Wildman–Crippen LogP) is 9.21. The number of benzene rings is 4. The maximum Gasteiger partial charge on any atom is 0.416 e. The fraction of sp³-hybridized carbons (Fsp3) is 0.306. The van der Waals surface area contributed by atoms with Gasteiger partial charge in [-0.25, -0.2) is 9.18 Å². The number of aryl methyl sites for hydroxylation is 2. The standard InChI is InChI=1S/C36H35F4NO3/c1-21-5-9-30(32-19-25(7-12-34(32)44-4)29-10-6-26(35(42)43)14-22(29)2)31(13-21)33-11-8-28(41(33)3)18-23-15-24(20-37)17-27(16-23)36(38,39)40/h5-7,9-10,12-17,19,28,33H,8,11,18,20H2,1-4H3,(H,42,43)/t28?,33-/m0/s1. The number of likely N-dealkylation sites (N-methyl/N-ethyl adjacent to an activating group) is 1. The average Bonchev–Trinajstić information content (AvgIpc) is 3.35. The van der Waals surface area contributed by atoms with E-state index in [1.54, 1.807) is 19.2 Å². The number of carboxylic acids is 1. The minimum absolute atomic E-state index is 0.00583. The maximum atomic E-state index is 13.5. The van der Waals surface area contributed by atoms with Gasteiger partial charge in [0.2, 0.25) is 0 Å². The smallest absolute Gasteiger partial charge is 0.416 e. The number of nitrogens with zero attached hydrogens (tertiary/aromatic N) is 1. The van der Waals surface area contributed by atoms with E-state index in [9.17, 15) is 27.5 Å². The summed E-state index contributed by atoms with van der Waals surface area (Å²) in [6.45, 7) is 2.97. The highest BCUT2D eigenvalue weighted by Gasteiger charge is 2.35. The third-order valence-electron chi connectivity index (χ3n) is 8.69. The number of hydrogen-bond acceptors (Lipinski definition) is 3. The van der Waals surface area contributed by atoms with Gasteiger partial charge in [-0.2, -0.15) is 13.2 Å². The summed E-state index contributed by atoms with van der Waals surface area (Å²) >= 11 is 0. The van der Waals surface area contributed by atoms with Gasteiger partial charge in [0.1, 0.15) is 12.4 Å². The van der Waals surface area contributed by atoms with Crippen molar-refractivity contribution in [3.8, 4) is 28.0 Å². The summed E-state index contributed by atoms with van der Waals surface area (Å²) in [5, 5.41) is 9.40. The molecule has 1 fully saturated rings. The lowest BCUT2D eigenvalue weighted by Gasteiger charge is -2.29. The molecule has 0 spiro atoms. The van der Waals surface area contributed by atoms with Crippen LogP contribution >= 0.6 is 0 Å². The summed E-state index contributed by atoms with van der Waals surface area (Å²) in [6, 6.07) is 20.8. The van der Waals surface area contributed by atoms with E-state index < -0.39 is 24.4 Å². The number of rotatable bonds is 8. The van der Waals surface area contributed by atoms with Crippen molar-refractivity contribution in [3.63, 3.8) is 0 Å². The van der Waals surface area contributed by atoms with Crippen LogP contribution in [0, 0.1) is 13.8 Å². The van der Waals surface area contributed by atoms with Crippen LogP contribution in [0.5, 0.6) is 5.75 Å². The van der Waals surface area contributed by atoms with Gasteiger partial charge in [-0.15, -0.1) is 0 Å². The Morgan fingerprint density at radius 2 is 1.64 bits per heavy atom. The van der Waals surface area contributed by atoms with Crippen LogP contribution in [0.2, 0.25) is 0 Å². The predicted molar refractivity (Wildman–Crippen MR) is 164 cm³/mol. The van der Waals surface area contributed by atoms with Crippen LogP contribution in [-0.4, -0.2) is 36.2 Å². The molecule has 0 radical (unpaired) electrons. The molecular formula is C36H35F4NO3. The van der Waals surface area contributed by atoms with Crippen molar-refractivity contribution in [2.45, 2.75) is 58.0 Å². The third kappa shape index (κ3) is 6.36. The van der Waals surface area contributed by atoms with Gasteiger partial charge in [0.25, 0.3) is 0 Å². The zero-order valence-electron chi connectivity index (χ0n) is 25.1. The van der Waals surface area contributed by atoms with Gasteiger partial charge in [0, 0.05) is 17.6 Å². The van der Waals surface area contributed by atoms with Crippen molar-refractivity contribution in [1.29, 1.82) is 0 Å². The van der Waals surface area contributed by atoms with Crippen LogP contribution < -0.4 is 4.74 Å². The molecule has 2 atom stereocenters. The normalized spacial score (nSPS) is 17.2. The molecule has 1 saturated heterocycles.